The smallest absolute Gasteiger partial charge is 0.123 e. The van der Waals surface area contributed by atoms with Crippen LogP contribution >= 0.6 is 0 Å². The van der Waals surface area contributed by atoms with E-state index in [9.17, 15) is 4.79 Å². The molecule has 0 amide bonds. The van der Waals surface area contributed by atoms with Crippen LogP contribution in [-0.4, -0.2) is 32.6 Å². The van der Waals surface area contributed by atoms with Crippen molar-refractivity contribution in [3.05, 3.63) is 0 Å². The van der Waals surface area contributed by atoms with E-state index < -0.39 is 0 Å². The first-order chi connectivity index (χ1) is 5.86. The maximum atomic E-state index is 10.5. The molecule has 1 aliphatic heterocycles. The molecule has 0 aromatic rings. The lowest BCUT2D eigenvalue weighted by Crippen LogP contribution is -2.39. The van der Waals surface area contributed by atoms with E-state index in [-0.39, 0.29) is 5.92 Å². The minimum Gasteiger partial charge on any atom is -0.385 e. The summed E-state index contributed by atoms with van der Waals surface area (Å²) in [5, 5.41) is 3.38. The molecule has 0 radical (unpaired) electrons. The molecule has 1 N–H and O–H groups in total. The quantitative estimate of drug-likeness (QED) is 0.629. The second-order valence-corrected chi connectivity index (χ2v) is 3.35. The SMILES string of the molecule is COCCC1CC(C=O)CCN1. The van der Waals surface area contributed by atoms with Crippen molar-refractivity contribution in [2.24, 2.45) is 5.92 Å². The number of nitrogens with one attached hydrogen (secondary N) is 1. The maximum absolute atomic E-state index is 10.5. The van der Waals surface area contributed by atoms with E-state index in [4.69, 9.17) is 4.74 Å². The minimum atomic E-state index is 0.271. The first-order valence-electron chi connectivity index (χ1n) is 4.54. The number of rotatable bonds is 4. The van der Waals surface area contributed by atoms with Crippen LogP contribution in [0.15, 0.2) is 0 Å². The van der Waals surface area contributed by atoms with Crippen molar-refractivity contribution in [1.82, 2.24) is 5.32 Å². The van der Waals surface area contributed by atoms with Crippen LogP contribution in [-0.2, 0) is 9.53 Å². The molecule has 1 aliphatic rings. The zero-order valence-electron chi connectivity index (χ0n) is 7.58. The van der Waals surface area contributed by atoms with Crippen molar-refractivity contribution < 1.29 is 9.53 Å². The normalized spacial score (nSPS) is 30.1. The summed E-state index contributed by atoms with van der Waals surface area (Å²) in [6.07, 6.45) is 4.07. The molecule has 0 bridgehead atoms. The van der Waals surface area contributed by atoms with Gasteiger partial charge in [-0.05, 0) is 25.8 Å². The summed E-state index contributed by atoms with van der Waals surface area (Å²) in [4.78, 5) is 10.5. The lowest BCUT2D eigenvalue weighted by molar-refractivity contribution is -0.112. The molecule has 2 atom stereocenters. The Bertz CT molecular complexity index is 138. The molecule has 2 unspecified atom stereocenters. The van der Waals surface area contributed by atoms with Crippen LogP contribution in [0.3, 0.4) is 0 Å². The molecule has 0 aromatic carbocycles. The van der Waals surface area contributed by atoms with Gasteiger partial charge in [0.05, 0.1) is 0 Å². The number of piperidine rings is 1. The molecule has 3 heteroatoms. The maximum Gasteiger partial charge on any atom is 0.123 e. The summed E-state index contributed by atoms with van der Waals surface area (Å²) in [7, 11) is 1.71. The van der Waals surface area contributed by atoms with E-state index >= 15 is 0 Å². The Morgan fingerprint density at radius 1 is 1.67 bits per heavy atom. The number of aldehydes is 1. The predicted molar refractivity (Wildman–Crippen MR) is 47.1 cm³/mol. The second-order valence-electron chi connectivity index (χ2n) is 3.35. The monoisotopic (exact) mass is 171 g/mol. The van der Waals surface area contributed by atoms with Crippen LogP contribution in [0, 0.1) is 5.92 Å². The van der Waals surface area contributed by atoms with Gasteiger partial charge in [-0.3, -0.25) is 0 Å². The molecule has 1 saturated heterocycles. The van der Waals surface area contributed by atoms with Crippen LogP contribution < -0.4 is 5.32 Å². The van der Waals surface area contributed by atoms with Gasteiger partial charge in [0.25, 0.3) is 0 Å². The third-order valence-corrected chi connectivity index (χ3v) is 2.40. The van der Waals surface area contributed by atoms with Crippen LogP contribution in [0.25, 0.3) is 0 Å². The highest BCUT2D eigenvalue weighted by Crippen LogP contribution is 2.15. The highest BCUT2D eigenvalue weighted by Gasteiger charge is 2.20. The van der Waals surface area contributed by atoms with Gasteiger partial charge in [0.2, 0.25) is 0 Å². The molecule has 1 fully saturated rings. The Labute approximate surface area is 73.5 Å². The minimum absolute atomic E-state index is 0.271. The summed E-state index contributed by atoms with van der Waals surface area (Å²) in [5.74, 6) is 0.271. The largest absolute Gasteiger partial charge is 0.385 e. The summed E-state index contributed by atoms with van der Waals surface area (Å²) >= 11 is 0. The molecule has 0 aliphatic carbocycles. The Balaban J connectivity index is 2.20. The van der Waals surface area contributed by atoms with Crippen molar-refractivity contribution in [1.29, 1.82) is 0 Å². The van der Waals surface area contributed by atoms with Crippen LogP contribution in [0.4, 0.5) is 0 Å². The van der Waals surface area contributed by atoms with E-state index in [1.807, 2.05) is 0 Å². The number of hydrogen-bond donors (Lipinski definition) is 1. The molecule has 3 nitrogen and oxygen atoms in total. The zero-order valence-corrected chi connectivity index (χ0v) is 7.58. The average Bonchev–Trinajstić information content (AvgIpc) is 2.15. The van der Waals surface area contributed by atoms with Gasteiger partial charge in [0.15, 0.2) is 0 Å². The average molecular weight is 171 g/mol. The molecule has 70 valence electrons. The number of carbonyl (C=O) groups is 1. The van der Waals surface area contributed by atoms with Gasteiger partial charge in [0.1, 0.15) is 6.29 Å². The lowest BCUT2D eigenvalue weighted by Gasteiger charge is -2.27. The van der Waals surface area contributed by atoms with Crippen molar-refractivity contribution in [2.75, 3.05) is 20.3 Å². The highest BCUT2D eigenvalue weighted by molar-refractivity contribution is 5.53. The Hall–Kier alpha value is -0.410. The van der Waals surface area contributed by atoms with E-state index in [1.54, 1.807) is 7.11 Å². The van der Waals surface area contributed by atoms with E-state index in [0.29, 0.717) is 6.04 Å². The first kappa shape index (κ1) is 9.68. The third kappa shape index (κ3) is 2.91. The van der Waals surface area contributed by atoms with Gasteiger partial charge in [0, 0.05) is 25.7 Å². The van der Waals surface area contributed by atoms with Crippen LogP contribution in [0.2, 0.25) is 0 Å². The summed E-state index contributed by atoms with van der Waals surface area (Å²) < 4.78 is 4.99. The lowest BCUT2D eigenvalue weighted by atomic mass is 9.92. The fourth-order valence-electron chi connectivity index (χ4n) is 1.64. The second kappa shape index (κ2) is 5.27. The topological polar surface area (TPSA) is 38.3 Å². The van der Waals surface area contributed by atoms with Gasteiger partial charge in [-0.15, -0.1) is 0 Å². The highest BCUT2D eigenvalue weighted by atomic mass is 16.5. The van der Waals surface area contributed by atoms with E-state index in [2.05, 4.69) is 5.32 Å². The zero-order chi connectivity index (χ0) is 8.81. The molecular formula is C9H17NO2. The van der Waals surface area contributed by atoms with Crippen LogP contribution in [0.1, 0.15) is 19.3 Å². The Morgan fingerprint density at radius 3 is 3.17 bits per heavy atom. The molecule has 1 heterocycles. The molecule has 1 rings (SSSR count). The van der Waals surface area contributed by atoms with Gasteiger partial charge < -0.3 is 14.8 Å². The number of methoxy groups -OCH3 is 1. The van der Waals surface area contributed by atoms with Gasteiger partial charge >= 0.3 is 0 Å². The standard InChI is InChI=1S/C9H17NO2/c1-12-5-3-9-6-8(7-11)2-4-10-9/h7-10H,2-6H2,1H3. The van der Waals surface area contributed by atoms with Crippen LogP contribution in [0.5, 0.6) is 0 Å². The number of hydrogen-bond acceptors (Lipinski definition) is 3. The van der Waals surface area contributed by atoms with Crippen molar-refractivity contribution in [2.45, 2.75) is 25.3 Å². The third-order valence-electron chi connectivity index (χ3n) is 2.40. The molecule has 0 saturated carbocycles. The summed E-state index contributed by atoms with van der Waals surface area (Å²) in [6.45, 7) is 1.75. The van der Waals surface area contributed by atoms with Gasteiger partial charge in [-0.2, -0.15) is 0 Å². The fourth-order valence-corrected chi connectivity index (χ4v) is 1.64. The number of ether oxygens (including phenoxy) is 1. The molecule has 0 spiro atoms. The predicted octanol–water partition coefficient (Wildman–Crippen LogP) is 0.590. The van der Waals surface area contributed by atoms with Crippen molar-refractivity contribution in [3.8, 4) is 0 Å². The Kier molecular flexibility index (Phi) is 4.25. The first-order valence-corrected chi connectivity index (χ1v) is 4.54. The molecular weight excluding hydrogens is 154 g/mol. The van der Waals surface area contributed by atoms with Gasteiger partial charge in [-0.1, -0.05) is 0 Å². The van der Waals surface area contributed by atoms with E-state index in [1.165, 1.54) is 0 Å². The Morgan fingerprint density at radius 2 is 2.50 bits per heavy atom. The molecule has 12 heavy (non-hydrogen) atoms. The van der Waals surface area contributed by atoms with E-state index in [0.717, 1.165) is 38.7 Å². The van der Waals surface area contributed by atoms with Crippen molar-refractivity contribution in [3.63, 3.8) is 0 Å². The fraction of sp³-hybridized carbons (Fsp3) is 0.889. The summed E-state index contributed by atoms with van der Waals surface area (Å²) in [5.41, 5.74) is 0. The molecule has 0 aromatic heterocycles. The summed E-state index contributed by atoms with van der Waals surface area (Å²) in [6, 6.07) is 0.480. The van der Waals surface area contributed by atoms with Crippen molar-refractivity contribution >= 4 is 6.29 Å². The van der Waals surface area contributed by atoms with Gasteiger partial charge in [-0.25, -0.2) is 0 Å². The number of carbonyl (C=O) groups excluding carboxylic acids is 1.